The van der Waals surface area contributed by atoms with Crippen molar-refractivity contribution in [3.8, 4) is 0 Å². The highest BCUT2D eigenvalue weighted by Gasteiger charge is 2.43. The molecule has 1 aliphatic heterocycles. The topological polar surface area (TPSA) is 50.5 Å². The number of hydrogen-bond acceptors (Lipinski definition) is 3. The van der Waals surface area contributed by atoms with Gasteiger partial charge in [0.1, 0.15) is 11.4 Å². The van der Waals surface area contributed by atoms with E-state index < -0.39 is 11.9 Å². The Labute approximate surface area is 184 Å². The summed E-state index contributed by atoms with van der Waals surface area (Å²) in [5.74, 6) is -0.837. The molecule has 4 nitrogen and oxygen atoms in total. The van der Waals surface area contributed by atoms with Crippen LogP contribution < -0.4 is 5.43 Å². The molecule has 1 aromatic heterocycles. The van der Waals surface area contributed by atoms with Crippen molar-refractivity contribution in [3.05, 3.63) is 116 Å². The second kappa shape index (κ2) is 7.75. The zero-order chi connectivity index (χ0) is 22.4. The van der Waals surface area contributed by atoms with Crippen LogP contribution in [0.25, 0.3) is 11.0 Å². The number of aryl methyl sites for hydroxylation is 2. The van der Waals surface area contributed by atoms with E-state index >= 15 is 0 Å². The predicted molar refractivity (Wildman–Crippen MR) is 121 cm³/mol. The van der Waals surface area contributed by atoms with Crippen LogP contribution in [0.4, 0.5) is 4.39 Å². The molecule has 160 valence electrons. The summed E-state index contributed by atoms with van der Waals surface area (Å²) >= 11 is 0. The molecule has 1 amide bonds. The molecule has 5 rings (SSSR count). The Bertz CT molecular complexity index is 1410. The van der Waals surface area contributed by atoms with E-state index in [4.69, 9.17) is 4.42 Å². The van der Waals surface area contributed by atoms with Crippen molar-refractivity contribution in [2.75, 3.05) is 6.54 Å². The maximum atomic E-state index is 14.9. The first kappa shape index (κ1) is 20.2. The summed E-state index contributed by atoms with van der Waals surface area (Å²) in [5.41, 5.74) is 3.58. The van der Waals surface area contributed by atoms with E-state index in [1.165, 1.54) is 6.07 Å². The minimum Gasteiger partial charge on any atom is -0.450 e. The van der Waals surface area contributed by atoms with Crippen LogP contribution >= 0.6 is 0 Å². The van der Waals surface area contributed by atoms with Gasteiger partial charge in [0.25, 0.3) is 5.91 Å². The molecule has 5 heteroatoms. The number of halogens is 1. The molecule has 0 fully saturated rings. The quantitative estimate of drug-likeness (QED) is 0.442. The third-order valence-electron chi connectivity index (χ3n) is 6.27. The van der Waals surface area contributed by atoms with Crippen LogP contribution in [0, 0.1) is 19.7 Å². The molecular formula is C27H22FNO3. The summed E-state index contributed by atoms with van der Waals surface area (Å²) in [6.45, 7) is 4.19. The normalized spacial score (nSPS) is 15.4. The summed E-state index contributed by atoms with van der Waals surface area (Å²) in [7, 11) is 0. The molecule has 0 bridgehead atoms. The molecule has 0 N–H and O–H groups in total. The standard InChI is InChI=1S/C27H22FNO3/c1-16-14-20-22(15-17(16)2)32-26-23(25(20)30)24(19-10-6-7-11-21(19)28)29(27(26)31)13-12-18-8-4-3-5-9-18/h3-11,14-15,24H,12-13H2,1-2H3. The molecule has 1 aliphatic rings. The van der Waals surface area contributed by atoms with Gasteiger partial charge in [-0.05, 0) is 55.2 Å². The monoisotopic (exact) mass is 427 g/mol. The summed E-state index contributed by atoms with van der Waals surface area (Å²) in [5, 5.41) is 0.408. The number of fused-ring (bicyclic) bond motifs is 2. The lowest BCUT2D eigenvalue weighted by Crippen LogP contribution is -2.32. The molecule has 0 saturated heterocycles. The number of benzene rings is 3. The van der Waals surface area contributed by atoms with Crippen molar-refractivity contribution in [2.45, 2.75) is 26.3 Å². The molecule has 0 aliphatic carbocycles. The molecular weight excluding hydrogens is 405 g/mol. The smallest absolute Gasteiger partial charge is 0.290 e. The fourth-order valence-corrected chi connectivity index (χ4v) is 4.42. The Morgan fingerprint density at radius 1 is 0.938 bits per heavy atom. The van der Waals surface area contributed by atoms with E-state index in [0.717, 1.165) is 16.7 Å². The van der Waals surface area contributed by atoms with Crippen molar-refractivity contribution >= 4 is 16.9 Å². The second-order valence-corrected chi connectivity index (χ2v) is 8.26. The largest absolute Gasteiger partial charge is 0.450 e. The van der Waals surface area contributed by atoms with E-state index in [0.29, 0.717) is 29.5 Å². The number of hydrogen-bond donors (Lipinski definition) is 0. The van der Waals surface area contributed by atoms with Gasteiger partial charge in [-0.15, -0.1) is 0 Å². The van der Waals surface area contributed by atoms with Crippen LogP contribution in [0.5, 0.6) is 0 Å². The summed E-state index contributed by atoms with van der Waals surface area (Å²) in [6, 6.07) is 18.8. The summed E-state index contributed by atoms with van der Waals surface area (Å²) in [6.07, 6.45) is 0.581. The molecule has 0 radical (unpaired) electrons. The highest BCUT2D eigenvalue weighted by molar-refractivity contribution is 5.99. The minimum atomic E-state index is -0.829. The zero-order valence-corrected chi connectivity index (χ0v) is 17.9. The number of nitrogens with zero attached hydrogens (tertiary/aromatic N) is 1. The lowest BCUT2D eigenvalue weighted by molar-refractivity contribution is 0.0728. The van der Waals surface area contributed by atoms with Crippen LogP contribution in [0.1, 0.15) is 44.4 Å². The first-order valence-corrected chi connectivity index (χ1v) is 10.6. The van der Waals surface area contributed by atoms with Crippen LogP contribution in [-0.2, 0) is 6.42 Å². The Morgan fingerprint density at radius 2 is 1.62 bits per heavy atom. The Hall–Kier alpha value is -3.73. The summed E-state index contributed by atoms with van der Waals surface area (Å²) in [4.78, 5) is 28.6. The summed E-state index contributed by atoms with van der Waals surface area (Å²) < 4.78 is 20.9. The molecule has 1 unspecified atom stereocenters. The van der Waals surface area contributed by atoms with Crippen LogP contribution in [-0.4, -0.2) is 17.4 Å². The van der Waals surface area contributed by atoms with Crippen LogP contribution in [0.3, 0.4) is 0 Å². The lowest BCUT2D eigenvalue weighted by atomic mass is 9.97. The molecule has 0 saturated carbocycles. The van der Waals surface area contributed by atoms with Gasteiger partial charge in [-0.2, -0.15) is 0 Å². The minimum absolute atomic E-state index is 0.00654. The zero-order valence-electron chi connectivity index (χ0n) is 17.9. The highest BCUT2D eigenvalue weighted by Crippen LogP contribution is 2.39. The van der Waals surface area contributed by atoms with Gasteiger partial charge in [0, 0.05) is 12.1 Å². The molecule has 0 spiro atoms. The predicted octanol–water partition coefficient (Wildman–Crippen LogP) is 5.34. The molecule has 2 heterocycles. The van der Waals surface area contributed by atoms with Gasteiger partial charge in [0.15, 0.2) is 5.43 Å². The third kappa shape index (κ3) is 3.21. The molecule has 1 atom stereocenters. The molecule has 4 aromatic rings. The van der Waals surface area contributed by atoms with Gasteiger partial charge in [-0.1, -0.05) is 48.5 Å². The van der Waals surface area contributed by atoms with Gasteiger partial charge in [-0.3, -0.25) is 9.59 Å². The van der Waals surface area contributed by atoms with Gasteiger partial charge in [0.2, 0.25) is 5.76 Å². The number of carbonyl (C=O) groups excluding carboxylic acids is 1. The first-order chi connectivity index (χ1) is 15.5. The maximum absolute atomic E-state index is 14.9. The van der Waals surface area contributed by atoms with Crippen molar-refractivity contribution < 1.29 is 13.6 Å². The second-order valence-electron chi connectivity index (χ2n) is 8.26. The van der Waals surface area contributed by atoms with Gasteiger partial charge in [-0.25, -0.2) is 4.39 Å². The Kier molecular flexibility index (Phi) is 4.89. The van der Waals surface area contributed by atoms with Crippen molar-refractivity contribution in [2.24, 2.45) is 0 Å². The van der Waals surface area contributed by atoms with Gasteiger partial charge in [0.05, 0.1) is 17.0 Å². The average Bonchev–Trinajstić information content (AvgIpc) is 3.06. The highest BCUT2D eigenvalue weighted by atomic mass is 19.1. The fraction of sp³-hybridized carbons (Fsp3) is 0.185. The number of rotatable bonds is 4. The van der Waals surface area contributed by atoms with Crippen LogP contribution in [0.15, 0.2) is 75.9 Å². The number of amides is 1. The van der Waals surface area contributed by atoms with E-state index in [1.807, 2.05) is 44.2 Å². The van der Waals surface area contributed by atoms with Gasteiger partial charge >= 0.3 is 0 Å². The fourth-order valence-electron chi connectivity index (χ4n) is 4.42. The van der Waals surface area contributed by atoms with Crippen molar-refractivity contribution in [1.29, 1.82) is 0 Å². The Balaban J connectivity index is 1.69. The SMILES string of the molecule is Cc1cc2oc3c(c(=O)c2cc1C)C(c1ccccc1F)N(CCc1ccccc1)C3=O. The molecule has 32 heavy (non-hydrogen) atoms. The third-order valence-corrected chi connectivity index (χ3v) is 6.27. The molecule has 3 aromatic carbocycles. The van der Waals surface area contributed by atoms with E-state index in [2.05, 4.69) is 0 Å². The Morgan fingerprint density at radius 3 is 2.38 bits per heavy atom. The average molecular weight is 427 g/mol. The van der Waals surface area contributed by atoms with Gasteiger partial charge < -0.3 is 9.32 Å². The van der Waals surface area contributed by atoms with Crippen molar-refractivity contribution in [1.82, 2.24) is 4.90 Å². The van der Waals surface area contributed by atoms with Crippen LogP contribution in [0.2, 0.25) is 0 Å². The van der Waals surface area contributed by atoms with E-state index in [1.54, 1.807) is 35.2 Å². The first-order valence-electron chi connectivity index (χ1n) is 10.6. The van der Waals surface area contributed by atoms with Crippen molar-refractivity contribution in [3.63, 3.8) is 0 Å². The van der Waals surface area contributed by atoms with E-state index in [9.17, 15) is 14.0 Å². The van der Waals surface area contributed by atoms with E-state index in [-0.39, 0.29) is 22.7 Å². The number of carbonyl (C=O) groups is 1. The lowest BCUT2D eigenvalue weighted by Gasteiger charge is -2.25. The maximum Gasteiger partial charge on any atom is 0.290 e.